The van der Waals surface area contributed by atoms with E-state index in [0.717, 1.165) is 58.3 Å². The summed E-state index contributed by atoms with van der Waals surface area (Å²) in [5, 5.41) is 8.76. The number of pyridine rings is 1. The molecular weight excluding hydrogens is 786 g/mol. The average molecular weight is 830 g/mol. The van der Waals surface area contributed by atoms with Crippen molar-refractivity contribution in [3.8, 4) is 5.88 Å². The summed E-state index contributed by atoms with van der Waals surface area (Å²) in [6, 6.07) is 9.13. The monoisotopic (exact) mass is 829 g/mol. The number of nitrogens with one attached hydrogen (secondary N) is 3. The third-order valence-corrected chi connectivity index (χ3v) is 12.7. The van der Waals surface area contributed by atoms with Crippen molar-refractivity contribution in [1.29, 1.82) is 0 Å². The number of benzene rings is 2. The Bertz CT molecular complexity index is 2500. The van der Waals surface area contributed by atoms with Crippen LogP contribution in [0.4, 0.5) is 33.1 Å². The number of rotatable bonds is 8. The first-order valence-electron chi connectivity index (χ1n) is 20.7. The lowest BCUT2D eigenvalue weighted by molar-refractivity contribution is -0.136. The zero-order valence-electron chi connectivity index (χ0n) is 33.6. The maximum Gasteiger partial charge on any atom is 0.262 e. The number of piperazine rings is 1. The number of carbonyl (C=O) groups is 5. The molecule has 3 N–H and O–H groups in total. The standard InChI is InChI=1S/C43H44FN11O6/c1-24-35(20-46-40-38(24)45-9-15-61-40)53-10-8-26-19-47-43(49-33(26)23-53)48-27-3-2-25(32(44)17-27)16-37(57)52-13-11-51(12-14-52)29-21-54(22-29)28-4-5-30-31(18-28)42(60)55(41(30)59)34-6-7-36(56)50-39(34)58/h2-5,17-20,29,34,45H,6-16,21-23H2,1H3,(H,47,48,49)(H,50,56,58). The van der Waals surface area contributed by atoms with Gasteiger partial charge in [0.05, 0.1) is 41.7 Å². The zero-order chi connectivity index (χ0) is 41.9. The molecule has 0 spiro atoms. The summed E-state index contributed by atoms with van der Waals surface area (Å²) in [6.07, 6.45) is 4.58. The first kappa shape index (κ1) is 38.5. The fourth-order valence-corrected chi connectivity index (χ4v) is 9.16. The van der Waals surface area contributed by atoms with Crippen LogP contribution in [0.2, 0.25) is 0 Å². The molecule has 4 aromatic rings. The summed E-state index contributed by atoms with van der Waals surface area (Å²) in [6.45, 7) is 8.63. The fourth-order valence-electron chi connectivity index (χ4n) is 9.16. The Morgan fingerprint density at radius 1 is 0.934 bits per heavy atom. The molecule has 0 radical (unpaired) electrons. The van der Waals surface area contributed by atoms with Gasteiger partial charge in [-0.15, -0.1) is 0 Å². The molecule has 314 valence electrons. The van der Waals surface area contributed by atoms with Gasteiger partial charge in [0.25, 0.3) is 11.8 Å². The molecule has 17 nitrogen and oxygen atoms in total. The lowest BCUT2D eigenvalue weighted by Crippen LogP contribution is -2.63. The first-order chi connectivity index (χ1) is 29.6. The molecule has 8 heterocycles. The number of halogens is 1. The topological polar surface area (TPSA) is 186 Å². The molecule has 2 aromatic heterocycles. The van der Waals surface area contributed by atoms with Crippen LogP contribution in [0.25, 0.3) is 0 Å². The van der Waals surface area contributed by atoms with Crippen LogP contribution in [0.5, 0.6) is 5.88 Å². The molecule has 1 unspecified atom stereocenters. The van der Waals surface area contributed by atoms with Gasteiger partial charge < -0.3 is 30.1 Å². The van der Waals surface area contributed by atoms with Gasteiger partial charge >= 0.3 is 0 Å². The molecule has 2 aromatic carbocycles. The van der Waals surface area contributed by atoms with Crippen molar-refractivity contribution in [2.24, 2.45) is 0 Å². The summed E-state index contributed by atoms with van der Waals surface area (Å²) in [7, 11) is 0. The molecule has 61 heavy (non-hydrogen) atoms. The minimum atomic E-state index is -1.01. The second kappa shape index (κ2) is 15.4. The number of fused-ring (bicyclic) bond motifs is 3. The van der Waals surface area contributed by atoms with Gasteiger partial charge in [0.15, 0.2) is 0 Å². The third-order valence-electron chi connectivity index (χ3n) is 12.7. The maximum absolute atomic E-state index is 15.4. The van der Waals surface area contributed by atoms with E-state index in [1.54, 1.807) is 29.2 Å². The normalized spacial score (nSPS) is 20.3. The molecule has 18 heteroatoms. The lowest BCUT2D eigenvalue weighted by atomic mass is 10.0. The Balaban J connectivity index is 0.703. The van der Waals surface area contributed by atoms with Gasteiger partial charge in [-0.1, -0.05) is 6.07 Å². The maximum atomic E-state index is 15.4. The zero-order valence-corrected chi connectivity index (χ0v) is 33.6. The minimum absolute atomic E-state index is 0.0480. The highest BCUT2D eigenvalue weighted by Gasteiger charge is 2.45. The number of imide groups is 2. The van der Waals surface area contributed by atoms with Gasteiger partial charge in [0.2, 0.25) is 29.5 Å². The highest BCUT2D eigenvalue weighted by molar-refractivity contribution is 6.23. The molecule has 6 aliphatic heterocycles. The van der Waals surface area contributed by atoms with E-state index in [9.17, 15) is 24.0 Å². The number of carbonyl (C=O) groups excluding carboxylic acids is 5. The van der Waals surface area contributed by atoms with Crippen LogP contribution >= 0.6 is 0 Å². The van der Waals surface area contributed by atoms with Crippen LogP contribution in [0, 0.1) is 12.7 Å². The SMILES string of the molecule is Cc1c(N2CCc3cnc(Nc4ccc(CC(=O)N5CCN(C6CN(c7ccc8c(c7)C(=O)N(C7CCC(=O)NC7=O)C8=O)C6)CC5)c(F)c4)nc3C2)cnc2c1NCCO2. The first-order valence-corrected chi connectivity index (χ1v) is 20.7. The molecule has 0 saturated carbocycles. The van der Waals surface area contributed by atoms with Gasteiger partial charge in [-0.25, -0.2) is 19.3 Å². The van der Waals surface area contributed by atoms with E-state index in [1.807, 2.05) is 18.5 Å². The van der Waals surface area contributed by atoms with Crippen LogP contribution in [0.15, 0.2) is 48.8 Å². The fraction of sp³-hybridized carbons (Fsp3) is 0.395. The van der Waals surface area contributed by atoms with Crippen LogP contribution in [0.3, 0.4) is 0 Å². The van der Waals surface area contributed by atoms with Crippen molar-refractivity contribution >= 4 is 58.2 Å². The number of nitrogens with zero attached hydrogens (tertiary/aromatic N) is 8. The van der Waals surface area contributed by atoms with Crippen molar-refractivity contribution in [2.45, 2.75) is 51.2 Å². The van der Waals surface area contributed by atoms with E-state index >= 15 is 4.39 Å². The van der Waals surface area contributed by atoms with E-state index in [0.29, 0.717) is 75.5 Å². The number of hydrogen-bond donors (Lipinski definition) is 3. The molecule has 6 aliphatic rings. The molecule has 1 atom stereocenters. The van der Waals surface area contributed by atoms with Gasteiger partial charge in [0.1, 0.15) is 24.2 Å². The van der Waals surface area contributed by atoms with Gasteiger partial charge in [-0.2, -0.15) is 0 Å². The van der Waals surface area contributed by atoms with E-state index in [1.165, 1.54) is 6.07 Å². The quantitative estimate of drug-likeness (QED) is 0.220. The van der Waals surface area contributed by atoms with Crippen molar-refractivity contribution in [1.82, 2.24) is 35.0 Å². The van der Waals surface area contributed by atoms with Gasteiger partial charge in [-0.05, 0) is 61.2 Å². The second-order valence-electron chi connectivity index (χ2n) is 16.3. The Morgan fingerprint density at radius 3 is 2.56 bits per heavy atom. The van der Waals surface area contributed by atoms with E-state index in [2.05, 4.69) is 47.5 Å². The molecular formula is C43H44FN11O6. The van der Waals surface area contributed by atoms with Gasteiger partial charge in [-0.3, -0.25) is 39.1 Å². The molecule has 3 fully saturated rings. The van der Waals surface area contributed by atoms with Crippen molar-refractivity contribution in [3.63, 3.8) is 0 Å². The Hall–Kier alpha value is -6.69. The minimum Gasteiger partial charge on any atom is -0.474 e. The summed E-state index contributed by atoms with van der Waals surface area (Å²) >= 11 is 0. The predicted molar refractivity (Wildman–Crippen MR) is 220 cm³/mol. The summed E-state index contributed by atoms with van der Waals surface area (Å²) in [5.74, 6) is -1.73. The van der Waals surface area contributed by atoms with Crippen LogP contribution < -0.4 is 30.5 Å². The largest absolute Gasteiger partial charge is 0.474 e. The van der Waals surface area contributed by atoms with Crippen molar-refractivity contribution in [2.75, 3.05) is 79.4 Å². The number of anilines is 5. The van der Waals surface area contributed by atoms with E-state index < -0.39 is 35.5 Å². The van der Waals surface area contributed by atoms with Crippen LogP contribution in [-0.2, 0) is 33.8 Å². The Kier molecular flexibility index (Phi) is 9.72. The highest BCUT2D eigenvalue weighted by Crippen LogP contribution is 2.37. The summed E-state index contributed by atoms with van der Waals surface area (Å²) in [4.78, 5) is 87.1. The number of hydrogen-bond acceptors (Lipinski definition) is 14. The van der Waals surface area contributed by atoms with Crippen LogP contribution in [-0.4, -0.2) is 130 Å². The highest BCUT2D eigenvalue weighted by atomic mass is 19.1. The summed E-state index contributed by atoms with van der Waals surface area (Å²) < 4.78 is 21.1. The van der Waals surface area contributed by atoms with Crippen molar-refractivity contribution in [3.05, 3.63) is 88.1 Å². The van der Waals surface area contributed by atoms with Gasteiger partial charge in [0, 0.05) is 88.0 Å². The number of aromatic nitrogens is 3. The molecule has 0 bridgehead atoms. The van der Waals surface area contributed by atoms with E-state index in [4.69, 9.17) is 9.72 Å². The smallest absolute Gasteiger partial charge is 0.262 e. The second-order valence-corrected chi connectivity index (χ2v) is 16.3. The number of amides is 5. The summed E-state index contributed by atoms with van der Waals surface area (Å²) in [5.41, 5.74) is 7.10. The molecule has 3 saturated heterocycles. The molecule has 10 rings (SSSR count). The number of piperidine rings is 1. The number of ether oxygens (including phenoxy) is 1. The Morgan fingerprint density at radius 2 is 1.75 bits per heavy atom. The van der Waals surface area contributed by atoms with Crippen molar-refractivity contribution < 1.29 is 33.1 Å². The molecule has 0 aliphatic carbocycles. The van der Waals surface area contributed by atoms with E-state index in [-0.39, 0.29) is 42.3 Å². The van der Waals surface area contributed by atoms with Crippen LogP contribution in [0.1, 0.15) is 55.9 Å². The molecule has 5 amide bonds. The average Bonchev–Trinajstić information content (AvgIpc) is 3.49. The lowest BCUT2D eigenvalue weighted by Gasteiger charge is -2.49. The predicted octanol–water partition coefficient (Wildman–Crippen LogP) is 2.41. The Labute approximate surface area is 350 Å². The third kappa shape index (κ3) is 7.13.